The van der Waals surface area contributed by atoms with Gasteiger partial charge in [0.05, 0.1) is 23.5 Å². The molecular formula is C29H28N8O6. The standard InChI is InChI=1S/C29H28N8O6/c1-3-12-36(24-10-6-18-13-23-21(14-20(18)24)28(41)31-16(2)30-23)19-7-4-17(5-8-19)27(40)32-22(29(42)43)9-11-25-33-34-35-37(25)15-26(38)39/h1,4-5,7-8,13-14,22,24H,6,9-12,15H2,2H3,(H,32,40)(H,38,39)(H,42,43)(H,30,31,41)/t22-,24-/m0/s1. The molecule has 0 fully saturated rings. The largest absolute Gasteiger partial charge is 0.480 e. The SMILES string of the molecule is C#CCN(c1ccc(C(=O)N[C@@H](CCc2nnnn2CC(=O)O)C(=O)O)cc1)[C@H]1CCc2cc3nc(C)[nH]c(=O)c3cc21. The van der Waals surface area contributed by atoms with Gasteiger partial charge in [0.15, 0.2) is 5.82 Å². The number of hydrogen-bond acceptors (Lipinski definition) is 9. The summed E-state index contributed by atoms with van der Waals surface area (Å²) < 4.78 is 1.06. The minimum atomic E-state index is -1.26. The van der Waals surface area contributed by atoms with E-state index < -0.39 is 30.4 Å². The average Bonchev–Trinajstić information content (AvgIpc) is 3.58. The number of aryl methyl sites for hydroxylation is 3. The molecule has 0 aliphatic heterocycles. The summed E-state index contributed by atoms with van der Waals surface area (Å²) >= 11 is 0. The second-order valence-electron chi connectivity index (χ2n) is 10.2. The van der Waals surface area contributed by atoms with Crippen molar-refractivity contribution in [3.05, 3.63) is 75.1 Å². The van der Waals surface area contributed by atoms with Crippen molar-refractivity contribution >= 4 is 34.4 Å². The van der Waals surface area contributed by atoms with Gasteiger partial charge in [-0.25, -0.2) is 14.5 Å². The molecule has 4 N–H and O–H groups in total. The van der Waals surface area contributed by atoms with Gasteiger partial charge in [-0.2, -0.15) is 0 Å². The zero-order valence-corrected chi connectivity index (χ0v) is 23.1. The van der Waals surface area contributed by atoms with E-state index in [9.17, 15) is 24.3 Å². The van der Waals surface area contributed by atoms with Gasteiger partial charge >= 0.3 is 11.9 Å². The number of carbonyl (C=O) groups is 3. The van der Waals surface area contributed by atoms with Crippen molar-refractivity contribution in [1.82, 2.24) is 35.5 Å². The number of carbonyl (C=O) groups excluding carboxylic acids is 1. The number of aromatic amines is 1. The quantitative estimate of drug-likeness (QED) is 0.185. The van der Waals surface area contributed by atoms with Crippen LogP contribution >= 0.6 is 0 Å². The van der Waals surface area contributed by atoms with Crippen molar-refractivity contribution in [2.75, 3.05) is 11.4 Å². The molecule has 1 aliphatic rings. The number of nitrogens with one attached hydrogen (secondary N) is 2. The molecule has 220 valence electrons. The molecule has 2 aromatic carbocycles. The number of anilines is 1. The number of tetrazole rings is 1. The van der Waals surface area contributed by atoms with Crippen LogP contribution in [0.5, 0.6) is 0 Å². The number of terminal acetylenes is 1. The number of benzene rings is 2. The molecule has 0 saturated heterocycles. The van der Waals surface area contributed by atoms with Crippen LogP contribution in [0.15, 0.2) is 41.2 Å². The highest BCUT2D eigenvalue weighted by atomic mass is 16.4. The molecule has 1 amide bonds. The normalized spacial score (nSPS) is 14.6. The third-order valence-electron chi connectivity index (χ3n) is 7.38. The molecule has 0 spiro atoms. The molecule has 5 rings (SSSR count). The Balaban J connectivity index is 1.31. The van der Waals surface area contributed by atoms with E-state index in [2.05, 4.69) is 36.7 Å². The Labute approximate surface area is 244 Å². The number of hydrogen-bond donors (Lipinski definition) is 4. The number of rotatable bonds is 11. The molecule has 0 unspecified atom stereocenters. The smallest absolute Gasteiger partial charge is 0.326 e. The molecule has 0 saturated carbocycles. The number of aliphatic carboxylic acids is 2. The van der Waals surface area contributed by atoms with Gasteiger partial charge in [0, 0.05) is 17.7 Å². The lowest BCUT2D eigenvalue weighted by Crippen LogP contribution is -2.41. The van der Waals surface area contributed by atoms with E-state index in [0.29, 0.717) is 23.3 Å². The van der Waals surface area contributed by atoms with Gasteiger partial charge in [0.1, 0.15) is 18.4 Å². The number of fused-ring (bicyclic) bond motifs is 2. The zero-order valence-electron chi connectivity index (χ0n) is 23.1. The molecule has 4 aromatic rings. The van der Waals surface area contributed by atoms with E-state index in [1.807, 2.05) is 17.0 Å². The Bertz CT molecular complexity index is 1810. The van der Waals surface area contributed by atoms with Gasteiger partial charge in [0.2, 0.25) is 0 Å². The van der Waals surface area contributed by atoms with E-state index in [1.54, 1.807) is 31.2 Å². The van der Waals surface area contributed by atoms with Gasteiger partial charge < -0.3 is 25.4 Å². The zero-order chi connectivity index (χ0) is 30.7. The Morgan fingerprint density at radius 2 is 2.00 bits per heavy atom. The molecular weight excluding hydrogens is 556 g/mol. The summed E-state index contributed by atoms with van der Waals surface area (Å²) in [6.45, 7) is 1.57. The van der Waals surface area contributed by atoms with Crippen molar-refractivity contribution in [3.8, 4) is 12.3 Å². The van der Waals surface area contributed by atoms with E-state index in [4.69, 9.17) is 11.5 Å². The minimum absolute atomic E-state index is 0.0389. The van der Waals surface area contributed by atoms with E-state index in [-0.39, 0.29) is 35.8 Å². The van der Waals surface area contributed by atoms with Crippen molar-refractivity contribution in [3.63, 3.8) is 0 Å². The molecule has 2 heterocycles. The number of aromatic nitrogens is 6. The number of carboxylic acids is 2. The van der Waals surface area contributed by atoms with Crippen LogP contribution < -0.4 is 15.8 Å². The Morgan fingerprint density at radius 1 is 1.23 bits per heavy atom. The third-order valence-corrected chi connectivity index (χ3v) is 7.38. The minimum Gasteiger partial charge on any atom is -0.480 e. The molecule has 14 heteroatoms. The topological polar surface area (TPSA) is 196 Å². The van der Waals surface area contributed by atoms with Crippen LogP contribution in [0.1, 0.15) is 52.0 Å². The summed E-state index contributed by atoms with van der Waals surface area (Å²) in [6.07, 6.45) is 7.29. The number of H-pyrrole nitrogens is 1. The summed E-state index contributed by atoms with van der Waals surface area (Å²) in [5.74, 6) is 0.459. The molecule has 14 nitrogen and oxygen atoms in total. The predicted octanol–water partition coefficient (Wildman–Crippen LogP) is 1.25. The Kier molecular flexibility index (Phi) is 8.15. The predicted molar refractivity (Wildman–Crippen MR) is 153 cm³/mol. The highest BCUT2D eigenvalue weighted by Crippen LogP contribution is 2.39. The third kappa shape index (κ3) is 6.20. The summed E-state index contributed by atoms with van der Waals surface area (Å²) in [5, 5.41) is 32.4. The van der Waals surface area contributed by atoms with Crippen LogP contribution in [0.25, 0.3) is 10.9 Å². The second-order valence-corrected chi connectivity index (χ2v) is 10.2. The fraction of sp³-hybridized carbons (Fsp3) is 0.310. The summed E-state index contributed by atoms with van der Waals surface area (Å²) in [6, 6.07) is 9.17. The lowest BCUT2D eigenvalue weighted by molar-refractivity contribution is -0.140. The first-order valence-corrected chi connectivity index (χ1v) is 13.5. The maximum Gasteiger partial charge on any atom is 0.326 e. The maximum absolute atomic E-state index is 13.0. The molecule has 0 bridgehead atoms. The van der Waals surface area contributed by atoms with Crippen LogP contribution in [0.3, 0.4) is 0 Å². The second kappa shape index (κ2) is 12.1. The molecule has 2 atom stereocenters. The van der Waals surface area contributed by atoms with Gasteiger partial charge in [0.25, 0.3) is 11.5 Å². The number of amides is 1. The Morgan fingerprint density at radius 3 is 2.70 bits per heavy atom. The molecule has 1 aliphatic carbocycles. The highest BCUT2D eigenvalue weighted by Gasteiger charge is 2.29. The lowest BCUT2D eigenvalue weighted by atomic mass is 10.0. The molecule has 0 radical (unpaired) electrons. The lowest BCUT2D eigenvalue weighted by Gasteiger charge is -2.30. The summed E-state index contributed by atoms with van der Waals surface area (Å²) in [4.78, 5) is 57.6. The van der Waals surface area contributed by atoms with Crippen LogP contribution in [-0.4, -0.2) is 70.8 Å². The Hall–Kier alpha value is -5.58. The van der Waals surface area contributed by atoms with Gasteiger partial charge in [-0.15, -0.1) is 11.5 Å². The van der Waals surface area contributed by atoms with E-state index >= 15 is 0 Å². The monoisotopic (exact) mass is 584 g/mol. The van der Waals surface area contributed by atoms with Crippen molar-refractivity contribution in [1.29, 1.82) is 0 Å². The number of nitrogens with zero attached hydrogens (tertiary/aromatic N) is 6. The summed E-state index contributed by atoms with van der Waals surface area (Å²) in [7, 11) is 0. The fourth-order valence-corrected chi connectivity index (χ4v) is 5.37. The van der Waals surface area contributed by atoms with Crippen molar-refractivity contribution < 1.29 is 24.6 Å². The first-order chi connectivity index (χ1) is 20.6. The van der Waals surface area contributed by atoms with E-state index in [1.165, 1.54) is 0 Å². The van der Waals surface area contributed by atoms with Crippen LogP contribution in [0.4, 0.5) is 5.69 Å². The van der Waals surface area contributed by atoms with E-state index in [0.717, 1.165) is 34.3 Å². The van der Waals surface area contributed by atoms with Gasteiger partial charge in [-0.05, 0) is 84.1 Å². The van der Waals surface area contributed by atoms with Crippen LogP contribution in [0.2, 0.25) is 0 Å². The maximum atomic E-state index is 13.0. The number of carboxylic acid groups (broad SMARTS) is 2. The van der Waals surface area contributed by atoms with Gasteiger partial charge in [-0.1, -0.05) is 5.92 Å². The molecule has 43 heavy (non-hydrogen) atoms. The average molecular weight is 585 g/mol. The first kappa shape index (κ1) is 28.9. The first-order valence-electron chi connectivity index (χ1n) is 13.5. The summed E-state index contributed by atoms with van der Waals surface area (Å²) in [5.41, 5.74) is 3.57. The fourth-order valence-electron chi connectivity index (χ4n) is 5.37. The van der Waals surface area contributed by atoms with Crippen LogP contribution in [0, 0.1) is 19.3 Å². The molecule has 2 aromatic heterocycles. The van der Waals surface area contributed by atoms with Gasteiger partial charge in [-0.3, -0.25) is 14.4 Å². The highest BCUT2D eigenvalue weighted by molar-refractivity contribution is 5.97. The van der Waals surface area contributed by atoms with Crippen LogP contribution in [-0.2, 0) is 29.0 Å². The van der Waals surface area contributed by atoms with Crippen molar-refractivity contribution in [2.24, 2.45) is 0 Å². The van der Waals surface area contributed by atoms with Crippen molar-refractivity contribution in [2.45, 2.75) is 51.2 Å².